The number of hydrogen-bond acceptors (Lipinski definition) is 4. The van der Waals surface area contributed by atoms with Crippen LogP contribution in [-0.2, 0) is 6.54 Å². The fourth-order valence-corrected chi connectivity index (χ4v) is 1.20. The van der Waals surface area contributed by atoms with E-state index in [0.717, 1.165) is 0 Å². The molecule has 0 saturated heterocycles. The molecule has 1 heterocycles. The predicted molar refractivity (Wildman–Crippen MR) is 62.9 cm³/mol. The molecule has 0 aliphatic heterocycles. The maximum absolute atomic E-state index is 10.8. The molecule has 0 aliphatic rings. The number of rotatable bonds is 5. The number of hydrogen-bond donors (Lipinski definition) is 3. The second kappa shape index (κ2) is 4.50. The fourth-order valence-electron chi connectivity index (χ4n) is 1.20. The molecule has 0 fully saturated rings. The van der Waals surface area contributed by atoms with E-state index < -0.39 is 17.1 Å². The highest BCUT2D eigenvalue weighted by Gasteiger charge is 2.34. The molecule has 1 rings (SSSR count). The van der Waals surface area contributed by atoms with Gasteiger partial charge in [-0.25, -0.2) is 4.79 Å². The van der Waals surface area contributed by atoms with Crippen LogP contribution in [0.15, 0.2) is 16.7 Å². The average Bonchev–Trinajstić information content (AvgIpc) is 2.60. The first-order chi connectivity index (χ1) is 7.65. The van der Waals surface area contributed by atoms with Gasteiger partial charge in [0, 0.05) is 17.6 Å². The summed E-state index contributed by atoms with van der Waals surface area (Å²) in [5.41, 5.74) is -0.894. The zero-order valence-electron chi connectivity index (χ0n) is 10.6. The Morgan fingerprint density at radius 3 is 2.47 bits per heavy atom. The van der Waals surface area contributed by atoms with Crippen molar-refractivity contribution in [3.63, 3.8) is 0 Å². The molecule has 0 atom stereocenters. The Hall–Kier alpha value is -1.33. The number of aliphatic hydroxyl groups is 1. The van der Waals surface area contributed by atoms with E-state index in [2.05, 4.69) is 5.32 Å². The van der Waals surface area contributed by atoms with Crippen LogP contribution < -0.4 is 5.32 Å². The van der Waals surface area contributed by atoms with Gasteiger partial charge in [-0.15, -0.1) is 0 Å². The lowest BCUT2D eigenvalue weighted by atomic mass is 9.86. The van der Waals surface area contributed by atoms with Crippen LogP contribution >= 0.6 is 0 Å². The monoisotopic (exact) mass is 241 g/mol. The highest BCUT2D eigenvalue weighted by Crippen LogP contribution is 2.21. The van der Waals surface area contributed by atoms with Gasteiger partial charge in [-0.2, -0.15) is 0 Å². The standard InChI is InChI=1S/C12H19NO4/c1-11(2,12(3,4)16)13-7-8-5-6-17-9(8)10(14)15/h5-6,13,16H,7H2,1-4H3,(H,14,15). The molecular formula is C12H19NO4. The summed E-state index contributed by atoms with van der Waals surface area (Å²) in [4.78, 5) is 10.8. The molecule has 0 radical (unpaired) electrons. The van der Waals surface area contributed by atoms with Crippen molar-refractivity contribution in [2.45, 2.75) is 45.4 Å². The zero-order valence-corrected chi connectivity index (χ0v) is 10.6. The third kappa shape index (κ3) is 3.08. The third-order valence-corrected chi connectivity index (χ3v) is 3.19. The van der Waals surface area contributed by atoms with Gasteiger partial charge in [-0.3, -0.25) is 0 Å². The molecule has 0 bridgehead atoms. The van der Waals surface area contributed by atoms with Gasteiger partial charge >= 0.3 is 5.97 Å². The molecule has 0 saturated carbocycles. The minimum Gasteiger partial charge on any atom is -0.475 e. The van der Waals surface area contributed by atoms with E-state index in [4.69, 9.17) is 9.52 Å². The second-order valence-corrected chi connectivity index (χ2v) is 5.12. The molecule has 0 aromatic carbocycles. The Bertz CT molecular complexity index is 401. The quantitative estimate of drug-likeness (QED) is 0.729. The van der Waals surface area contributed by atoms with Gasteiger partial charge in [0.05, 0.1) is 11.9 Å². The van der Waals surface area contributed by atoms with E-state index in [0.29, 0.717) is 12.1 Å². The van der Waals surface area contributed by atoms with Crippen molar-refractivity contribution < 1.29 is 19.4 Å². The molecule has 1 aromatic rings. The molecule has 0 amide bonds. The van der Waals surface area contributed by atoms with E-state index in [-0.39, 0.29) is 5.76 Å². The summed E-state index contributed by atoms with van der Waals surface area (Å²) in [6, 6.07) is 1.61. The van der Waals surface area contributed by atoms with Gasteiger partial charge in [0.1, 0.15) is 0 Å². The molecule has 3 N–H and O–H groups in total. The lowest BCUT2D eigenvalue weighted by molar-refractivity contribution is -0.00537. The van der Waals surface area contributed by atoms with E-state index in [1.165, 1.54) is 6.26 Å². The first kappa shape index (κ1) is 13.7. The van der Waals surface area contributed by atoms with Crippen molar-refractivity contribution in [2.75, 3.05) is 0 Å². The maximum Gasteiger partial charge on any atom is 0.372 e. The van der Waals surface area contributed by atoms with Crippen LogP contribution in [0, 0.1) is 0 Å². The molecule has 5 heteroatoms. The van der Waals surface area contributed by atoms with Crippen LogP contribution in [0.1, 0.15) is 43.8 Å². The van der Waals surface area contributed by atoms with E-state index >= 15 is 0 Å². The summed E-state index contributed by atoms with van der Waals surface area (Å²) in [5, 5.41) is 21.9. The van der Waals surface area contributed by atoms with E-state index in [9.17, 15) is 9.90 Å². The van der Waals surface area contributed by atoms with Crippen LogP contribution in [0.4, 0.5) is 0 Å². The molecule has 5 nitrogen and oxygen atoms in total. The van der Waals surface area contributed by atoms with Crippen molar-refractivity contribution in [1.29, 1.82) is 0 Å². The van der Waals surface area contributed by atoms with Gasteiger partial charge in [-0.1, -0.05) is 0 Å². The summed E-state index contributed by atoms with van der Waals surface area (Å²) < 4.78 is 4.87. The highest BCUT2D eigenvalue weighted by molar-refractivity contribution is 5.86. The summed E-state index contributed by atoms with van der Waals surface area (Å²) >= 11 is 0. The first-order valence-corrected chi connectivity index (χ1v) is 5.42. The Kier molecular flexibility index (Phi) is 3.64. The molecular weight excluding hydrogens is 222 g/mol. The summed E-state index contributed by atoms with van der Waals surface area (Å²) in [7, 11) is 0. The van der Waals surface area contributed by atoms with Gasteiger partial charge in [-0.05, 0) is 33.8 Å². The SMILES string of the molecule is CC(C)(O)C(C)(C)NCc1ccoc1C(=O)O. The van der Waals surface area contributed by atoms with Gasteiger partial charge < -0.3 is 19.9 Å². The van der Waals surface area contributed by atoms with Crippen LogP contribution in [0.3, 0.4) is 0 Å². The normalized spacial score (nSPS) is 12.8. The van der Waals surface area contributed by atoms with Crippen LogP contribution in [0.25, 0.3) is 0 Å². The Morgan fingerprint density at radius 2 is 2.00 bits per heavy atom. The minimum absolute atomic E-state index is 0.0657. The van der Waals surface area contributed by atoms with Crippen LogP contribution in [-0.4, -0.2) is 27.3 Å². The Balaban J connectivity index is 2.74. The topological polar surface area (TPSA) is 82.7 Å². The average molecular weight is 241 g/mol. The largest absolute Gasteiger partial charge is 0.475 e. The molecule has 17 heavy (non-hydrogen) atoms. The van der Waals surface area contributed by atoms with Crippen molar-refractivity contribution in [3.05, 3.63) is 23.7 Å². The Labute approximate surface area is 100 Å². The van der Waals surface area contributed by atoms with Gasteiger partial charge in [0.25, 0.3) is 0 Å². The first-order valence-electron chi connectivity index (χ1n) is 5.42. The second-order valence-electron chi connectivity index (χ2n) is 5.12. The van der Waals surface area contributed by atoms with Crippen molar-refractivity contribution >= 4 is 5.97 Å². The number of carboxylic acid groups (broad SMARTS) is 1. The maximum atomic E-state index is 10.8. The summed E-state index contributed by atoms with van der Waals surface area (Å²) in [6.07, 6.45) is 1.34. The minimum atomic E-state index is -1.09. The molecule has 0 aliphatic carbocycles. The third-order valence-electron chi connectivity index (χ3n) is 3.19. The zero-order chi connectivity index (χ0) is 13.3. The Morgan fingerprint density at radius 1 is 1.41 bits per heavy atom. The number of furan rings is 1. The van der Waals surface area contributed by atoms with E-state index in [1.807, 2.05) is 13.8 Å². The molecule has 1 aromatic heterocycles. The lowest BCUT2D eigenvalue weighted by Crippen LogP contribution is -2.55. The predicted octanol–water partition coefficient (Wildman–Crippen LogP) is 1.62. The number of nitrogens with one attached hydrogen (secondary N) is 1. The van der Waals surface area contributed by atoms with Crippen LogP contribution in [0.5, 0.6) is 0 Å². The molecule has 0 spiro atoms. The summed E-state index contributed by atoms with van der Waals surface area (Å²) in [5.74, 6) is -1.16. The van der Waals surface area contributed by atoms with Crippen molar-refractivity contribution in [1.82, 2.24) is 5.32 Å². The molecule has 96 valence electrons. The summed E-state index contributed by atoms with van der Waals surface area (Å²) in [6.45, 7) is 7.44. The number of carboxylic acids is 1. The van der Waals surface area contributed by atoms with E-state index in [1.54, 1.807) is 19.9 Å². The molecule has 0 unspecified atom stereocenters. The smallest absolute Gasteiger partial charge is 0.372 e. The van der Waals surface area contributed by atoms with Gasteiger partial charge in [0.15, 0.2) is 0 Å². The van der Waals surface area contributed by atoms with Gasteiger partial charge in [0.2, 0.25) is 5.76 Å². The fraction of sp³-hybridized carbons (Fsp3) is 0.583. The number of aromatic carboxylic acids is 1. The van der Waals surface area contributed by atoms with Crippen LogP contribution in [0.2, 0.25) is 0 Å². The lowest BCUT2D eigenvalue weighted by Gasteiger charge is -2.38. The van der Waals surface area contributed by atoms with Crippen molar-refractivity contribution in [2.24, 2.45) is 0 Å². The van der Waals surface area contributed by atoms with Crippen molar-refractivity contribution in [3.8, 4) is 0 Å². The number of carbonyl (C=O) groups is 1. The highest BCUT2D eigenvalue weighted by atomic mass is 16.4.